The first-order valence-electron chi connectivity index (χ1n) is 24.1. The fourth-order valence-electron chi connectivity index (χ4n) is 4.83. The number of nitrogens with two attached hydrogens (primary N) is 15. The summed E-state index contributed by atoms with van der Waals surface area (Å²) in [7, 11) is -2.24. The van der Waals surface area contributed by atoms with Crippen LogP contribution in [0.2, 0.25) is 0 Å². The van der Waals surface area contributed by atoms with Gasteiger partial charge in [0.05, 0.1) is 35.3 Å². The zero-order chi connectivity index (χ0) is 66.7. The number of halogens is 2. The number of thiocarbonyl (C=S) groups is 1. The molecule has 0 aliphatic rings. The number of thioether (sulfide) groups is 4. The Labute approximate surface area is 579 Å². The molecule has 0 unspecified atom stereocenters. The zero-order valence-corrected chi connectivity index (χ0v) is 58.0. The topological polar surface area (TPSA) is 656 Å². The van der Waals surface area contributed by atoms with Crippen molar-refractivity contribution in [1.82, 2.24) is 24.9 Å². The number of thiazole rings is 5. The molecule has 0 radical (unpaired) electrons. The summed E-state index contributed by atoms with van der Waals surface area (Å²) in [5.41, 5.74) is 79.3. The minimum atomic E-state index is -3.75. The number of amidine groups is 2. The number of hydrogen-bond donors (Lipinski definition) is 17. The van der Waals surface area contributed by atoms with E-state index in [4.69, 9.17) is 118 Å². The molecule has 32 N–H and O–H groups in total. The van der Waals surface area contributed by atoms with Gasteiger partial charge in [-0.1, -0.05) is 71.4 Å². The van der Waals surface area contributed by atoms with E-state index in [-0.39, 0.29) is 76.6 Å². The normalized spacial score (nSPS) is 9.97. The second-order valence-electron chi connectivity index (χ2n) is 15.5. The number of nitrogens with zero attached hydrogens (tertiary/aromatic N) is 13. The summed E-state index contributed by atoms with van der Waals surface area (Å²) in [6.07, 6.45) is 6.81. The van der Waals surface area contributed by atoms with Crippen LogP contribution in [0.3, 0.4) is 0 Å². The van der Waals surface area contributed by atoms with Crippen molar-refractivity contribution in [1.29, 1.82) is 16.1 Å². The molecule has 0 saturated heterocycles. The number of aromatic nitrogens is 5. The summed E-state index contributed by atoms with van der Waals surface area (Å²) in [4.78, 5) is 46.1. The van der Waals surface area contributed by atoms with Crippen LogP contribution in [0.25, 0.3) is 0 Å². The maximum Gasteiger partial charge on any atom is 0.283 e. The van der Waals surface area contributed by atoms with E-state index in [1.165, 1.54) is 87.7 Å². The lowest BCUT2D eigenvalue weighted by Gasteiger charge is -2.02. The molecule has 0 aliphatic heterocycles. The van der Waals surface area contributed by atoms with Crippen molar-refractivity contribution < 1.29 is 25.6 Å². The molecule has 5 aromatic heterocycles. The third-order valence-electron chi connectivity index (χ3n) is 8.17. The molecule has 500 valence electrons. The summed E-state index contributed by atoms with van der Waals surface area (Å²) < 4.78 is 32.6. The highest BCUT2D eigenvalue weighted by atomic mass is 35.5. The van der Waals surface area contributed by atoms with Crippen LogP contribution < -0.4 is 98.4 Å². The predicted octanol–water partition coefficient (Wildman–Crippen LogP) is 1.01. The Morgan fingerprint density at radius 2 is 1.03 bits per heavy atom. The number of methoxy groups -OCH3 is 1. The van der Waals surface area contributed by atoms with Crippen LogP contribution in [0.5, 0.6) is 0 Å². The Hall–Kier alpha value is -7.29. The first kappa shape index (κ1) is 85.8. The Morgan fingerprint density at radius 3 is 1.40 bits per heavy atom. The van der Waals surface area contributed by atoms with Gasteiger partial charge in [-0.3, -0.25) is 10.8 Å². The molecule has 6 rings (SSSR count). The Kier molecular flexibility index (Phi) is 46.6. The van der Waals surface area contributed by atoms with E-state index < -0.39 is 10.0 Å². The van der Waals surface area contributed by atoms with Crippen LogP contribution in [0, 0.1) is 22.1 Å². The van der Waals surface area contributed by atoms with Gasteiger partial charge in [0.25, 0.3) is 10.0 Å². The van der Waals surface area contributed by atoms with E-state index in [1.807, 2.05) is 10.8 Å². The van der Waals surface area contributed by atoms with Gasteiger partial charge in [0.2, 0.25) is 25.7 Å². The van der Waals surface area contributed by atoms with Gasteiger partial charge < -0.3 is 103 Å². The smallest absolute Gasteiger partial charge is 0.283 e. The number of rotatable bonds is 24. The highest BCUT2D eigenvalue weighted by Gasteiger charge is 2.13. The number of sulfonamides is 1. The number of nitriles is 1. The van der Waals surface area contributed by atoms with E-state index in [1.54, 1.807) is 72.1 Å². The number of nitrogens with one attached hydrogen (secondary N) is 2. The SMILES string of the molecule is C.COC(=N)CCSCc1cnc(N=C(N)N)s1.N#CCCSCc1cnc(N=C(N)N)s1.N=C(N)SCc1csc(N=C(N)N)n1.NC(=S)N=C(N)N.NC(N)=Nc1nc(CCl)cs1.NC(N)=Nc1ncc(CSCCC(N)=NS(=O)(=O)c2ccccc2)s1.[Cl-]. The first-order chi connectivity index (χ1) is 42.1. The number of guanidine groups is 6. The molecule has 0 bridgehead atoms. The van der Waals surface area contributed by atoms with Gasteiger partial charge in [0.1, 0.15) is 5.84 Å². The van der Waals surface area contributed by atoms with Crippen molar-refractivity contribution in [3.63, 3.8) is 0 Å². The van der Waals surface area contributed by atoms with Gasteiger partial charge in [-0.15, -0.1) is 38.7 Å². The van der Waals surface area contributed by atoms with Crippen LogP contribution >= 0.6 is 128 Å². The third-order valence-corrected chi connectivity index (χ3v) is 18.4. The molecule has 0 saturated carbocycles. The molecule has 91 heavy (non-hydrogen) atoms. The number of ether oxygens (including phenoxy) is 1. The highest BCUT2D eigenvalue weighted by Crippen LogP contribution is 2.28. The molecule has 5 heterocycles. The molecule has 46 heteroatoms. The minimum absolute atomic E-state index is 0. The Morgan fingerprint density at radius 1 is 0.626 bits per heavy atom. The molecule has 6 aromatic rings. The monoisotopic (exact) mass is 1500 g/mol. The molecule has 0 fully saturated rings. The molecule has 1 aromatic carbocycles. The second kappa shape index (κ2) is 49.4. The number of aliphatic imine (C=N–C) groups is 6. The van der Waals surface area contributed by atoms with E-state index in [0.29, 0.717) is 74.0 Å². The predicted molar refractivity (Wildman–Crippen MR) is 388 cm³/mol. The van der Waals surface area contributed by atoms with Crippen molar-refractivity contribution in [3.8, 4) is 6.07 Å². The van der Waals surface area contributed by atoms with Crippen LogP contribution in [0.1, 0.15) is 52.7 Å². The zero-order valence-electron chi connectivity index (χ0n) is 47.5. The van der Waals surface area contributed by atoms with Gasteiger partial charge >= 0.3 is 0 Å². The number of benzene rings is 1. The van der Waals surface area contributed by atoms with Crippen LogP contribution in [-0.2, 0) is 43.7 Å². The van der Waals surface area contributed by atoms with Crippen molar-refractivity contribution in [2.24, 2.45) is 120 Å². The van der Waals surface area contributed by atoms with Gasteiger partial charge in [-0.25, -0.2) is 24.9 Å². The largest absolute Gasteiger partial charge is 1.00 e. The average molecular weight is 1500 g/mol. The van der Waals surface area contributed by atoms with E-state index >= 15 is 0 Å². The maximum absolute atomic E-state index is 12.1. The van der Waals surface area contributed by atoms with Gasteiger partial charge in [-0.05, 0) is 24.4 Å². The third kappa shape index (κ3) is 44.8. The summed E-state index contributed by atoms with van der Waals surface area (Å²) in [5.74, 6) is 5.97. The summed E-state index contributed by atoms with van der Waals surface area (Å²) in [6, 6.07) is 10.1. The summed E-state index contributed by atoms with van der Waals surface area (Å²) in [5, 5.41) is 29.1. The first-order valence-corrected chi connectivity index (χ1v) is 35.2. The van der Waals surface area contributed by atoms with Crippen LogP contribution in [0.15, 0.2) is 98.9 Å². The van der Waals surface area contributed by atoms with Crippen LogP contribution in [-0.4, -0.2) is 115 Å². The number of hydrogen-bond acceptors (Lipinski definition) is 26. The van der Waals surface area contributed by atoms with Gasteiger partial charge in [-0.2, -0.15) is 78.9 Å². The van der Waals surface area contributed by atoms with E-state index in [9.17, 15) is 8.42 Å². The van der Waals surface area contributed by atoms with Crippen LogP contribution in [0.4, 0.5) is 25.7 Å². The summed E-state index contributed by atoms with van der Waals surface area (Å²) in [6.45, 7) is 0. The Bertz CT molecular complexity index is 3460. The van der Waals surface area contributed by atoms with E-state index in [0.717, 1.165) is 49.0 Å². The highest BCUT2D eigenvalue weighted by molar-refractivity contribution is 8.13. The fourth-order valence-corrected chi connectivity index (χ4v) is 13.6. The van der Waals surface area contributed by atoms with Crippen molar-refractivity contribution >= 4 is 221 Å². The molecule has 0 spiro atoms. The van der Waals surface area contributed by atoms with Gasteiger partial charge in [0.15, 0.2) is 51.9 Å². The Balaban J connectivity index is 0. The molecule has 0 amide bonds. The van der Waals surface area contributed by atoms with Crippen molar-refractivity contribution in [2.75, 3.05) is 24.4 Å². The summed E-state index contributed by atoms with van der Waals surface area (Å²) >= 11 is 23.1. The fraction of sp³-hybridized carbons (Fsp3) is 0.289. The molecule has 0 atom stereocenters. The molecule has 0 aliphatic carbocycles. The standard InChI is InChI=1S/C14H18N6O2S3.C9H15N5OS2.C8H11N5S2.C6H10N6S2.C5H7ClN4S.C2H6N4S.CH4.ClH/c15-12(20-25(21,22)11-4-2-1-3-5-11)6-7-23-9-10-8-18-14(24-10)19-13(16)17;1-15-7(10)2-3-16-5-6-4-13-9(17-6)14-8(11)12;9-2-1-3-14-5-6-4-12-8(15-6)13-7(10)11;7-4(8)12-6-11-3(2-14-6)1-13-5(9)10;6-1-3-2-11-5(9-3)10-4(7)8;3-1(4)6-2(5)7;;/h1-5,8H,6-7,9H2,(H2,15,20)(H4,16,17,18,19);4,10H,2-3,5H2,1H3,(H4,11,12,13,14);4H,1,3,5H2,(H4,10,11,12,13);2H,1H2,(H3,9,10)(H4,7,8,11,12);2H,1H2,(H4,7,8,9,10);(H6,3,4,5,6,7);1H4;1H/p-1. The molecular weight excluding hydrogens is 1430 g/mol. The second-order valence-corrected chi connectivity index (χ2v) is 27.1. The minimum Gasteiger partial charge on any atom is -1.00 e. The van der Waals surface area contributed by atoms with Crippen molar-refractivity contribution in [2.45, 2.75) is 60.5 Å². The van der Waals surface area contributed by atoms with Crippen molar-refractivity contribution in [3.05, 3.63) is 85.7 Å². The molecule has 33 nitrogen and oxygen atoms in total. The van der Waals surface area contributed by atoms with E-state index in [2.05, 4.69) is 77.6 Å². The lowest BCUT2D eigenvalue weighted by Crippen LogP contribution is -3.00. The lowest BCUT2D eigenvalue weighted by atomic mass is 10.4. The molecular formula is C45H71Cl2N30O3S11-. The lowest BCUT2D eigenvalue weighted by molar-refractivity contribution is -0.0000244. The van der Waals surface area contributed by atoms with Gasteiger partial charge in [0, 0.05) is 104 Å². The maximum atomic E-state index is 12.1. The number of alkyl halides is 1. The average Bonchev–Trinajstić information content (AvgIpc) is 2.35. The quantitative estimate of drug-likeness (QED) is 0.0132.